The summed E-state index contributed by atoms with van der Waals surface area (Å²) in [6, 6.07) is 12.2. The molecule has 4 nitrogen and oxygen atoms in total. The minimum Gasteiger partial charge on any atom is -0.356 e. The minimum atomic E-state index is 0.0511. The van der Waals surface area contributed by atoms with Crippen molar-refractivity contribution in [1.82, 2.24) is 15.2 Å². The predicted octanol–water partition coefficient (Wildman–Crippen LogP) is 2.60. The SMILES string of the molecule is O=C(NC1CN2CCC1C2)c1ccc(Sc2ccc[nH]2)cc1. The highest BCUT2D eigenvalue weighted by atomic mass is 32.2. The Bertz CT molecular complexity index is 653. The number of amides is 1. The van der Waals surface area contributed by atoms with Crippen molar-refractivity contribution in [2.24, 2.45) is 5.92 Å². The summed E-state index contributed by atoms with van der Waals surface area (Å²) in [7, 11) is 0. The average molecular weight is 313 g/mol. The Morgan fingerprint density at radius 2 is 2.09 bits per heavy atom. The van der Waals surface area contributed by atoms with Crippen LogP contribution >= 0.6 is 11.8 Å². The molecule has 4 rings (SSSR count). The van der Waals surface area contributed by atoms with E-state index < -0.39 is 0 Å². The van der Waals surface area contributed by atoms with Gasteiger partial charge in [0.25, 0.3) is 5.91 Å². The van der Waals surface area contributed by atoms with E-state index in [1.54, 1.807) is 11.8 Å². The number of piperidine rings is 1. The first kappa shape index (κ1) is 13.9. The third-order valence-electron chi connectivity index (χ3n) is 4.56. The number of carbonyl (C=O) groups is 1. The molecule has 5 heteroatoms. The molecule has 2 N–H and O–H groups in total. The van der Waals surface area contributed by atoms with Gasteiger partial charge in [-0.15, -0.1) is 0 Å². The van der Waals surface area contributed by atoms with Crippen LogP contribution in [0.25, 0.3) is 0 Å². The molecule has 0 saturated carbocycles. The van der Waals surface area contributed by atoms with Crippen molar-refractivity contribution >= 4 is 17.7 Å². The second-order valence-electron chi connectivity index (χ2n) is 6.05. The molecule has 1 amide bonds. The summed E-state index contributed by atoms with van der Waals surface area (Å²) < 4.78 is 0. The van der Waals surface area contributed by atoms with Crippen LogP contribution < -0.4 is 5.32 Å². The lowest BCUT2D eigenvalue weighted by Crippen LogP contribution is -2.43. The van der Waals surface area contributed by atoms with Gasteiger partial charge in [-0.3, -0.25) is 4.79 Å². The highest BCUT2D eigenvalue weighted by Gasteiger charge is 2.38. The van der Waals surface area contributed by atoms with Crippen LogP contribution in [0.5, 0.6) is 0 Å². The first-order valence-corrected chi connectivity index (χ1v) is 8.54. The molecule has 2 aliphatic heterocycles. The zero-order valence-corrected chi connectivity index (χ0v) is 13.1. The van der Waals surface area contributed by atoms with E-state index in [4.69, 9.17) is 0 Å². The number of fused-ring (bicyclic) bond motifs is 2. The molecule has 0 aliphatic carbocycles. The predicted molar refractivity (Wildman–Crippen MR) is 87.2 cm³/mol. The van der Waals surface area contributed by atoms with Crippen molar-refractivity contribution in [3.8, 4) is 0 Å². The third-order valence-corrected chi connectivity index (χ3v) is 5.54. The van der Waals surface area contributed by atoms with Crippen molar-refractivity contribution in [1.29, 1.82) is 0 Å². The number of nitrogens with one attached hydrogen (secondary N) is 2. The van der Waals surface area contributed by atoms with E-state index in [9.17, 15) is 4.79 Å². The maximum Gasteiger partial charge on any atom is 0.251 e. The number of rotatable bonds is 4. The van der Waals surface area contributed by atoms with Crippen molar-refractivity contribution in [3.05, 3.63) is 48.2 Å². The highest BCUT2D eigenvalue weighted by Crippen LogP contribution is 2.28. The summed E-state index contributed by atoms with van der Waals surface area (Å²) in [5, 5.41) is 4.30. The van der Waals surface area contributed by atoms with Crippen LogP contribution in [0.1, 0.15) is 16.8 Å². The van der Waals surface area contributed by atoms with Crippen molar-refractivity contribution in [2.75, 3.05) is 19.6 Å². The van der Waals surface area contributed by atoms with E-state index in [0.29, 0.717) is 12.0 Å². The molecule has 1 aromatic carbocycles. The first-order valence-electron chi connectivity index (χ1n) is 7.72. The van der Waals surface area contributed by atoms with Gasteiger partial charge in [0.2, 0.25) is 0 Å². The lowest BCUT2D eigenvalue weighted by molar-refractivity contribution is 0.0924. The number of carbonyl (C=O) groups excluding carboxylic acids is 1. The number of hydrogen-bond acceptors (Lipinski definition) is 3. The Labute approximate surface area is 134 Å². The van der Waals surface area contributed by atoms with E-state index in [1.807, 2.05) is 42.6 Å². The Hall–Kier alpha value is -1.72. The molecule has 2 bridgehead atoms. The summed E-state index contributed by atoms with van der Waals surface area (Å²) in [5.74, 6) is 0.696. The molecule has 2 fully saturated rings. The molecule has 0 spiro atoms. The van der Waals surface area contributed by atoms with Gasteiger partial charge in [0.15, 0.2) is 0 Å². The molecule has 2 saturated heterocycles. The number of nitrogens with zero attached hydrogens (tertiary/aromatic N) is 1. The molecule has 3 unspecified atom stereocenters. The van der Waals surface area contributed by atoms with Crippen molar-refractivity contribution in [3.63, 3.8) is 0 Å². The number of aromatic amines is 1. The van der Waals surface area contributed by atoms with Gasteiger partial charge in [0.1, 0.15) is 0 Å². The Kier molecular flexibility index (Phi) is 3.68. The lowest BCUT2D eigenvalue weighted by Gasteiger charge is -2.23. The second kappa shape index (κ2) is 5.82. The normalized spacial score (nSPS) is 26.3. The zero-order chi connectivity index (χ0) is 14.9. The fraction of sp³-hybridized carbons (Fsp3) is 0.353. The number of hydrogen-bond donors (Lipinski definition) is 2. The van der Waals surface area contributed by atoms with E-state index in [2.05, 4.69) is 15.2 Å². The van der Waals surface area contributed by atoms with Gasteiger partial charge in [-0.1, -0.05) is 11.8 Å². The summed E-state index contributed by atoms with van der Waals surface area (Å²) in [6.45, 7) is 3.36. The maximum atomic E-state index is 12.4. The van der Waals surface area contributed by atoms with Crippen LogP contribution in [0.2, 0.25) is 0 Å². The number of benzene rings is 1. The average Bonchev–Trinajstić information content (AvgIpc) is 3.25. The van der Waals surface area contributed by atoms with Gasteiger partial charge in [-0.25, -0.2) is 0 Å². The number of aromatic nitrogens is 1. The summed E-state index contributed by atoms with van der Waals surface area (Å²) >= 11 is 1.66. The van der Waals surface area contributed by atoms with Crippen LogP contribution in [0, 0.1) is 5.92 Å². The minimum absolute atomic E-state index is 0.0511. The molecule has 1 aromatic heterocycles. The molecule has 2 aromatic rings. The smallest absolute Gasteiger partial charge is 0.251 e. The van der Waals surface area contributed by atoms with E-state index in [1.165, 1.54) is 13.0 Å². The van der Waals surface area contributed by atoms with Crippen LogP contribution in [0.4, 0.5) is 0 Å². The zero-order valence-electron chi connectivity index (χ0n) is 12.3. The Balaban J connectivity index is 1.38. The fourth-order valence-electron chi connectivity index (χ4n) is 3.38. The molecule has 3 heterocycles. The quantitative estimate of drug-likeness (QED) is 0.912. The van der Waals surface area contributed by atoms with E-state index >= 15 is 0 Å². The van der Waals surface area contributed by atoms with Gasteiger partial charge in [0.05, 0.1) is 5.03 Å². The maximum absolute atomic E-state index is 12.4. The van der Waals surface area contributed by atoms with Gasteiger partial charge in [0, 0.05) is 35.8 Å². The second-order valence-corrected chi connectivity index (χ2v) is 7.16. The fourth-order valence-corrected chi connectivity index (χ4v) is 4.18. The van der Waals surface area contributed by atoms with Gasteiger partial charge >= 0.3 is 0 Å². The van der Waals surface area contributed by atoms with Gasteiger partial charge in [-0.05, 0) is 55.3 Å². The van der Waals surface area contributed by atoms with Gasteiger partial charge < -0.3 is 15.2 Å². The van der Waals surface area contributed by atoms with E-state index in [-0.39, 0.29) is 5.91 Å². The van der Waals surface area contributed by atoms with Crippen molar-refractivity contribution < 1.29 is 4.79 Å². The number of H-pyrrole nitrogens is 1. The monoisotopic (exact) mass is 313 g/mol. The van der Waals surface area contributed by atoms with E-state index in [0.717, 1.165) is 28.6 Å². The van der Waals surface area contributed by atoms with Crippen molar-refractivity contribution in [2.45, 2.75) is 22.4 Å². The molecule has 3 atom stereocenters. The topological polar surface area (TPSA) is 48.1 Å². The molecular formula is C17H19N3OS. The molecule has 2 aliphatic rings. The molecule has 22 heavy (non-hydrogen) atoms. The van der Waals surface area contributed by atoms with Crippen LogP contribution in [-0.2, 0) is 0 Å². The molecule has 114 valence electrons. The highest BCUT2D eigenvalue weighted by molar-refractivity contribution is 7.99. The van der Waals surface area contributed by atoms with Crippen LogP contribution in [0.15, 0.2) is 52.5 Å². The standard InChI is InChI=1S/C17H19N3OS/c21-17(19-15-11-20-9-7-13(15)10-20)12-3-5-14(6-4-12)22-16-2-1-8-18-16/h1-6,8,13,15,18H,7,9-11H2,(H,19,21). The first-order chi connectivity index (χ1) is 10.8. The molecular weight excluding hydrogens is 294 g/mol. The Morgan fingerprint density at radius 3 is 2.73 bits per heavy atom. The molecule has 0 radical (unpaired) electrons. The summed E-state index contributed by atoms with van der Waals surface area (Å²) in [4.78, 5) is 19.1. The third kappa shape index (κ3) is 2.78. The van der Waals surface area contributed by atoms with Crippen LogP contribution in [0.3, 0.4) is 0 Å². The summed E-state index contributed by atoms with van der Waals surface area (Å²) in [6.07, 6.45) is 3.13. The lowest BCUT2D eigenvalue weighted by atomic mass is 9.99. The summed E-state index contributed by atoms with van der Waals surface area (Å²) in [5.41, 5.74) is 0.744. The van der Waals surface area contributed by atoms with Crippen LogP contribution in [-0.4, -0.2) is 41.5 Å². The largest absolute Gasteiger partial charge is 0.356 e. The Morgan fingerprint density at radius 1 is 1.23 bits per heavy atom. The van der Waals surface area contributed by atoms with Gasteiger partial charge in [-0.2, -0.15) is 0 Å².